The molecule has 4 heteroatoms. The summed E-state index contributed by atoms with van der Waals surface area (Å²) in [6.07, 6.45) is 1.97. The maximum atomic E-state index is 11.4. The molecule has 0 aromatic carbocycles. The summed E-state index contributed by atoms with van der Waals surface area (Å²) in [5.74, 6) is 0.734. The fourth-order valence-corrected chi connectivity index (χ4v) is 1.49. The number of methoxy groups -OCH3 is 1. The van der Waals surface area contributed by atoms with Crippen LogP contribution in [0.2, 0.25) is 0 Å². The van der Waals surface area contributed by atoms with Crippen LogP contribution < -0.4 is 0 Å². The number of ether oxygens (including phenoxy) is 2. The van der Waals surface area contributed by atoms with Gasteiger partial charge in [-0.05, 0) is 18.8 Å². The molecule has 0 unspecified atom stereocenters. The van der Waals surface area contributed by atoms with E-state index in [0.717, 1.165) is 31.8 Å². The van der Waals surface area contributed by atoms with Crippen LogP contribution in [-0.4, -0.2) is 44.4 Å². The smallest absolute Gasteiger partial charge is 0.409 e. The highest BCUT2D eigenvalue weighted by Gasteiger charge is 2.20. The molecule has 1 heterocycles. The molecule has 16 heavy (non-hydrogen) atoms. The zero-order chi connectivity index (χ0) is 12.4. The quantitative estimate of drug-likeness (QED) is 0.701. The van der Waals surface area contributed by atoms with Crippen LogP contribution in [0.1, 0.15) is 33.6 Å². The molecule has 0 N–H and O–H groups in total. The van der Waals surface area contributed by atoms with Crippen LogP contribution in [0.15, 0.2) is 0 Å². The van der Waals surface area contributed by atoms with Gasteiger partial charge in [-0.2, -0.15) is 0 Å². The van der Waals surface area contributed by atoms with E-state index >= 15 is 0 Å². The number of rotatable bonds is 3. The highest BCUT2D eigenvalue weighted by molar-refractivity contribution is 5.67. The van der Waals surface area contributed by atoms with Crippen LogP contribution in [0.5, 0.6) is 0 Å². The third-order valence-corrected chi connectivity index (χ3v) is 2.55. The molecular formula is C12H25NO3. The lowest BCUT2D eigenvalue weighted by molar-refractivity contribution is 0.0638. The lowest BCUT2D eigenvalue weighted by atomic mass is 10.00. The SMILES string of the molecule is CC.COCCOC(=O)N1CCC(C)CC1. The summed E-state index contributed by atoms with van der Waals surface area (Å²) in [6, 6.07) is 0. The average Bonchev–Trinajstić information content (AvgIpc) is 2.33. The van der Waals surface area contributed by atoms with Crippen molar-refractivity contribution < 1.29 is 14.3 Å². The summed E-state index contributed by atoms with van der Waals surface area (Å²) in [7, 11) is 1.59. The number of carbonyl (C=O) groups excluding carboxylic acids is 1. The lowest BCUT2D eigenvalue weighted by Gasteiger charge is -2.29. The minimum absolute atomic E-state index is 0.200. The highest BCUT2D eigenvalue weighted by Crippen LogP contribution is 2.16. The van der Waals surface area contributed by atoms with E-state index in [1.807, 2.05) is 13.8 Å². The molecule has 1 aliphatic rings. The van der Waals surface area contributed by atoms with Gasteiger partial charge in [-0.25, -0.2) is 4.79 Å². The van der Waals surface area contributed by atoms with E-state index < -0.39 is 0 Å². The van der Waals surface area contributed by atoms with E-state index in [1.165, 1.54) is 0 Å². The van der Waals surface area contributed by atoms with Gasteiger partial charge in [0.25, 0.3) is 0 Å². The zero-order valence-corrected chi connectivity index (χ0v) is 11.0. The molecular weight excluding hydrogens is 206 g/mol. The fraction of sp³-hybridized carbons (Fsp3) is 0.917. The molecule has 1 rings (SSSR count). The van der Waals surface area contributed by atoms with Crippen molar-refractivity contribution in [2.24, 2.45) is 5.92 Å². The van der Waals surface area contributed by atoms with Gasteiger partial charge in [0.2, 0.25) is 0 Å². The van der Waals surface area contributed by atoms with Crippen molar-refractivity contribution in [3.63, 3.8) is 0 Å². The minimum atomic E-state index is -0.200. The summed E-state index contributed by atoms with van der Waals surface area (Å²) in [5, 5.41) is 0. The molecule has 0 aromatic heterocycles. The molecule has 0 radical (unpaired) electrons. The molecule has 0 bridgehead atoms. The molecule has 1 amide bonds. The van der Waals surface area contributed by atoms with Crippen molar-refractivity contribution >= 4 is 6.09 Å². The molecule has 0 atom stereocenters. The van der Waals surface area contributed by atoms with Crippen molar-refractivity contribution in [2.45, 2.75) is 33.6 Å². The normalized spacial score (nSPS) is 16.4. The Hall–Kier alpha value is -0.770. The average molecular weight is 231 g/mol. The molecule has 0 saturated carbocycles. The van der Waals surface area contributed by atoms with Crippen LogP contribution in [0.3, 0.4) is 0 Å². The lowest BCUT2D eigenvalue weighted by Crippen LogP contribution is -2.38. The number of nitrogens with zero attached hydrogens (tertiary/aromatic N) is 1. The van der Waals surface area contributed by atoms with Gasteiger partial charge in [0.05, 0.1) is 6.61 Å². The summed E-state index contributed by atoms with van der Waals surface area (Å²) in [5.41, 5.74) is 0. The molecule has 1 aliphatic heterocycles. The van der Waals surface area contributed by atoms with E-state index in [4.69, 9.17) is 9.47 Å². The second kappa shape index (κ2) is 9.46. The van der Waals surface area contributed by atoms with Gasteiger partial charge >= 0.3 is 6.09 Å². The minimum Gasteiger partial charge on any atom is -0.447 e. The summed E-state index contributed by atoms with van der Waals surface area (Å²) >= 11 is 0. The van der Waals surface area contributed by atoms with Gasteiger partial charge in [0.15, 0.2) is 0 Å². The van der Waals surface area contributed by atoms with E-state index in [-0.39, 0.29) is 6.09 Å². The predicted molar refractivity (Wildman–Crippen MR) is 64.5 cm³/mol. The van der Waals surface area contributed by atoms with Crippen LogP contribution in [-0.2, 0) is 9.47 Å². The number of amides is 1. The number of carbonyl (C=O) groups is 1. The molecule has 96 valence electrons. The van der Waals surface area contributed by atoms with Gasteiger partial charge < -0.3 is 14.4 Å². The van der Waals surface area contributed by atoms with Crippen LogP contribution in [0.25, 0.3) is 0 Å². The Bertz CT molecular complexity index is 177. The second-order valence-corrected chi connectivity index (χ2v) is 3.78. The first-order valence-corrected chi connectivity index (χ1v) is 6.14. The first-order chi connectivity index (χ1) is 7.74. The van der Waals surface area contributed by atoms with Crippen molar-refractivity contribution in [3.8, 4) is 0 Å². The summed E-state index contributed by atoms with van der Waals surface area (Å²) in [6.45, 7) is 8.69. The highest BCUT2D eigenvalue weighted by atomic mass is 16.6. The zero-order valence-electron chi connectivity index (χ0n) is 11.0. The topological polar surface area (TPSA) is 38.8 Å². The number of piperidine rings is 1. The maximum Gasteiger partial charge on any atom is 0.409 e. The Balaban J connectivity index is 0.00000106. The predicted octanol–water partition coefficient (Wildman–Crippen LogP) is 2.53. The standard InChI is InChI=1S/C10H19NO3.C2H6/c1-9-3-5-11(6-4-9)10(12)14-8-7-13-2;1-2/h9H,3-8H2,1-2H3;1-2H3. The molecule has 0 spiro atoms. The van der Waals surface area contributed by atoms with Crippen LogP contribution in [0.4, 0.5) is 4.79 Å². The first kappa shape index (κ1) is 15.2. The van der Waals surface area contributed by atoms with Crippen molar-refractivity contribution in [1.82, 2.24) is 4.90 Å². The van der Waals surface area contributed by atoms with Gasteiger partial charge in [-0.3, -0.25) is 0 Å². The van der Waals surface area contributed by atoms with Crippen molar-refractivity contribution in [2.75, 3.05) is 33.4 Å². The number of likely N-dealkylation sites (tertiary alicyclic amines) is 1. The molecule has 1 saturated heterocycles. The van der Waals surface area contributed by atoms with Gasteiger partial charge in [-0.1, -0.05) is 20.8 Å². The van der Waals surface area contributed by atoms with Gasteiger partial charge in [0, 0.05) is 20.2 Å². The Morgan fingerprint density at radius 3 is 2.31 bits per heavy atom. The maximum absolute atomic E-state index is 11.4. The monoisotopic (exact) mass is 231 g/mol. The Labute approximate surface area is 98.9 Å². The van der Waals surface area contributed by atoms with Crippen molar-refractivity contribution in [3.05, 3.63) is 0 Å². The number of hydrogen-bond donors (Lipinski definition) is 0. The molecule has 4 nitrogen and oxygen atoms in total. The van der Waals surface area contributed by atoms with Crippen LogP contribution >= 0.6 is 0 Å². The summed E-state index contributed by atoms with van der Waals surface area (Å²) in [4.78, 5) is 13.2. The third-order valence-electron chi connectivity index (χ3n) is 2.55. The number of hydrogen-bond acceptors (Lipinski definition) is 3. The van der Waals surface area contributed by atoms with E-state index in [2.05, 4.69) is 6.92 Å². The van der Waals surface area contributed by atoms with Gasteiger partial charge in [0.1, 0.15) is 6.61 Å². The van der Waals surface area contributed by atoms with E-state index in [1.54, 1.807) is 12.0 Å². The van der Waals surface area contributed by atoms with Crippen molar-refractivity contribution in [1.29, 1.82) is 0 Å². The first-order valence-electron chi connectivity index (χ1n) is 6.14. The van der Waals surface area contributed by atoms with E-state index in [0.29, 0.717) is 13.2 Å². The van der Waals surface area contributed by atoms with Gasteiger partial charge in [-0.15, -0.1) is 0 Å². The summed E-state index contributed by atoms with van der Waals surface area (Å²) < 4.78 is 9.82. The largest absolute Gasteiger partial charge is 0.447 e. The molecule has 0 aromatic rings. The van der Waals surface area contributed by atoms with E-state index in [9.17, 15) is 4.79 Å². The Morgan fingerprint density at radius 2 is 1.81 bits per heavy atom. The second-order valence-electron chi connectivity index (χ2n) is 3.78. The third kappa shape index (κ3) is 5.95. The Morgan fingerprint density at radius 1 is 1.25 bits per heavy atom. The molecule has 1 fully saturated rings. The Kier molecular flexibility index (Phi) is 9.00. The van der Waals surface area contributed by atoms with Crippen LogP contribution in [0, 0.1) is 5.92 Å². The fourth-order valence-electron chi connectivity index (χ4n) is 1.49. The molecule has 0 aliphatic carbocycles.